The first kappa shape index (κ1) is 25.9. The van der Waals surface area contributed by atoms with E-state index in [1.54, 1.807) is 26.0 Å². The number of ether oxygens (including phenoxy) is 1. The lowest BCUT2D eigenvalue weighted by Gasteiger charge is -2.30. The number of carbonyl (C=O) groups excluding carboxylic acids is 2. The van der Waals surface area contributed by atoms with E-state index in [4.69, 9.17) is 10.00 Å². The number of dihydropyridines is 1. The number of nitrogens with zero attached hydrogens (tertiary/aromatic N) is 2. The van der Waals surface area contributed by atoms with Crippen LogP contribution in [0.2, 0.25) is 0 Å². The molecule has 0 aliphatic carbocycles. The molecule has 1 heterocycles. The third-order valence-electron chi connectivity index (χ3n) is 5.58. The Labute approximate surface area is 208 Å². The van der Waals surface area contributed by atoms with Crippen molar-refractivity contribution in [3.8, 4) is 6.07 Å². The molecule has 9 nitrogen and oxygen atoms in total. The average Bonchev–Trinajstić information content (AvgIpc) is 2.86. The summed E-state index contributed by atoms with van der Waals surface area (Å²) in [5.74, 6) is -2.03. The minimum atomic E-state index is -0.904. The van der Waals surface area contributed by atoms with Gasteiger partial charge in [0.05, 0.1) is 28.9 Å². The number of carbonyl (C=O) groups is 2. The van der Waals surface area contributed by atoms with Gasteiger partial charge in [0.15, 0.2) is 0 Å². The summed E-state index contributed by atoms with van der Waals surface area (Å²) in [5, 5.41) is 26.1. The molecule has 0 saturated carbocycles. The first-order valence-electron chi connectivity index (χ1n) is 11.3. The minimum absolute atomic E-state index is 0.0168. The number of nitro benzene ring substituents is 1. The van der Waals surface area contributed by atoms with Gasteiger partial charge in [0.1, 0.15) is 6.61 Å². The monoisotopic (exact) mass is 486 g/mol. The number of benzene rings is 2. The van der Waals surface area contributed by atoms with Crippen molar-refractivity contribution in [3.63, 3.8) is 0 Å². The van der Waals surface area contributed by atoms with Crippen LogP contribution in [0.1, 0.15) is 37.3 Å². The maximum Gasteiger partial charge on any atom is 0.336 e. The quantitative estimate of drug-likeness (QED) is 0.236. The summed E-state index contributed by atoms with van der Waals surface area (Å²) < 4.78 is 5.27. The second-order valence-electron chi connectivity index (χ2n) is 8.05. The molecule has 1 unspecified atom stereocenters. The highest BCUT2D eigenvalue weighted by molar-refractivity contribution is 6.02. The Bertz CT molecular complexity index is 1290. The number of rotatable bonds is 9. The summed E-state index contributed by atoms with van der Waals surface area (Å²) in [6.07, 6.45) is 3.70. The molecule has 184 valence electrons. The van der Waals surface area contributed by atoms with Crippen LogP contribution in [-0.4, -0.2) is 30.0 Å². The molecular formula is C27H26N4O5. The summed E-state index contributed by atoms with van der Waals surface area (Å²) >= 11 is 0. The van der Waals surface area contributed by atoms with E-state index in [9.17, 15) is 19.7 Å². The number of non-ortho nitro benzene ring substituents is 1. The molecule has 1 aliphatic heterocycles. The Morgan fingerprint density at radius 1 is 1.14 bits per heavy atom. The van der Waals surface area contributed by atoms with Crippen LogP contribution in [0.3, 0.4) is 0 Å². The molecule has 1 atom stereocenters. The van der Waals surface area contributed by atoms with Crippen LogP contribution >= 0.6 is 0 Å². The molecule has 0 spiro atoms. The van der Waals surface area contributed by atoms with Gasteiger partial charge in [-0.1, -0.05) is 54.6 Å². The van der Waals surface area contributed by atoms with Crippen molar-refractivity contribution in [2.24, 2.45) is 0 Å². The fraction of sp³-hybridized carbons (Fsp3) is 0.222. The van der Waals surface area contributed by atoms with Gasteiger partial charge in [0.2, 0.25) is 5.91 Å². The Morgan fingerprint density at radius 3 is 2.56 bits per heavy atom. The second-order valence-corrected chi connectivity index (χ2v) is 8.05. The molecule has 2 aromatic carbocycles. The Kier molecular flexibility index (Phi) is 8.73. The lowest BCUT2D eigenvalue weighted by Crippen LogP contribution is -2.36. The van der Waals surface area contributed by atoms with Gasteiger partial charge < -0.3 is 15.4 Å². The van der Waals surface area contributed by atoms with Crippen LogP contribution in [0.4, 0.5) is 5.69 Å². The second kappa shape index (κ2) is 12.1. The minimum Gasteiger partial charge on any atom is -0.461 e. The number of nitro groups is 1. The topological polar surface area (TPSA) is 134 Å². The van der Waals surface area contributed by atoms with E-state index < -0.39 is 22.7 Å². The third kappa shape index (κ3) is 6.24. The molecule has 36 heavy (non-hydrogen) atoms. The number of hydrogen-bond acceptors (Lipinski definition) is 7. The Morgan fingerprint density at radius 2 is 1.86 bits per heavy atom. The SMILES string of the molecule is CC1=C(C(=O)NC/C=C/c2ccccc2)C(c2cccc([N+](=O)[O-])c2)C(C(=O)OCCC#N)=C(C)N1. The molecule has 1 amide bonds. The summed E-state index contributed by atoms with van der Waals surface area (Å²) in [4.78, 5) is 37.3. The van der Waals surface area contributed by atoms with Gasteiger partial charge in [0.25, 0.3) is 5.69 Å². The van der Waals surface area contributed by atoms with Crippen molar-refractivity contribution in [1.29, 1.82) is 5.26 Å². The largest absolute Gasteiger partial charge is 0.461 e. The van der Waals surface area contributed by atoms with E-state index in [2.05, 4.69) is 10.6 Å². The summed E-state index contributed by atoms with van der Waals surface area (Å²) in [7, 11) is 0. The highest BCUT2D eigenvalue weighted by Crippen LogP contribution is 2.39. The molecule has 0 aromatic heterocycles. The van der Waals surface area contributed by atoms with Crippen molar-refractivity contribution in [3.05, 3.63) is 104 Å². The summed E-state index contributed by atoms with van der Waals surface area (Å²) in [6, 6.07) is 17.4. The lowest BCUT2D eigenvalue weighted by atomic mass is 9.80. The smallest absolute Gasteiger partial charge is 0.336 e. The van der Waals surface area contributed by atoms with Crippen molar-refractivity contribution in [1.82, 2.24) is 10.6 Å². The van der Waals surface area contributed by atoms with E-state index in [1.807, 2.05) is 42.5 Å². The molecule has 2 aromatic rings. The number of nitrogens with one attached hydrogen (secondary N) is 2. The fourth-order valence-electron chi connectivity index (χ4n) is 3.99. The highest BCUT2D eigenvalue weighted by atomic mass is 16.6. The summed E-state index contributed by atoms with van der Waals surface area (Å²) in [5.41, 5.74) is 2.61. The standard InChI is InChI=1S/C27H26N4O5/c1-18-23(26(32)29-15-7-11-20-9-4-3-5-10-20)25(21-12-6-13-22(17-21)31(34)35)24(19(2)30-18)27(33)36-16-8-14-28/h3-7,9-13,17,25,30H,8,15-16H2,1-2H3,(H,29,32)/b11-7+. The number of allylic oxidation sites excluding steroid dienone is 2. The fourth-order valence-corrected chi connectivity index (χ4v) is 3.99. The number of nitriles is 1. The summed E-state index contributed by atoms with van der Waals surface area (Å²) in [6.45, 7) is 3.51. The van der Waals surface area contributed by atoms with E-state index in [-0.39, 0.29) is 36.4 Å². The zero-order valence-electron chi connectivity index (χ0n) is 20.0. The maximum absolute atomic E-state index is 13.4. The predicted molar refractivity (Wildman–Crippen MR) is 134 cm³/mol. The molecule has 0 fully saturated rings. The molecule has 0 bridgehead atoms. The van der Waals surface area contributed by atoms with Crippen LogP contribution in [-0.2, 0) is 14.3 Å². The highest BCUT2D eigenvalue weighted by Gasteiger charge is 2.37. The maximum atomic E-state index is 13.4. The van der Waals surface area contributed by atoms with Crippen LogP contribution in [0.15, 0.2) is 83.2 Å². The third-order valence-corrected chi connectivity index (χ3v) is 5.58. The average molecular weight is 487 g/mol. The van der Waals surface area contributed by atoms with Gasteiger partial charge in [0, 0.05) is 35.6 Å². The molecule has 1 aliphatic rings. The number of esters is 1. The van der Waals surface area contributed by atoms with Crippen LogP contribution in [0.25, 0.3) is 6.08 Å². The van der Waals surface area contributed by atoms with Gasteiger partial charge in [-0.2, -0.15) is 5.26 Å². The Hall–Kier alpha value is -4.71. The lowest BCUT2D eigenvalue weighted by molar-refractivity contribution is -0.384. The molecule has 3 rings (SSSR count). The van der Waals surface area contributed by atoms with Crippen LogP contribution in [0.5, 0.6) is 0 Å². The normalized spacial score (nSPS) is 15.3. The van der Waals surface area contributed by atoms with Crippen molar-refractivity contribution in [2.75, 3.05) is 13.2 Å². The van der Waals surface area contributed by atoms with Gasteiger partial charge in [-0.25, -0.2) is 4.79 Å². The molecule has 9 heteroatoms. The van der Waals surface area contributed by atoms with Gasteiger partial charge in [-0.3, -0.25) is 14.9 Å². The van der Waals surface area contributed by atoms with Gasteiger partial charge >= 0.3 is 5.97 Å². The number of hydrogen-bond donors (Lipinski definition) is 2. The predicted octanol–water partition coefficient (Wildman–Crippen LogP) is 4.12. The first-order chi connectivity index (χ1) is 17.3. The van der Waals surface area contributed by atoms with Crippen LogP contribution < -0.4 is 10.6 Å². The van der Waals surface area contributed by atoms with Gasteiger partial charge in [-0.15, -0.1) is 0 Å². The van der Waals surface area contributed by atoms with Crippen molar-refractivity contribution in [2.45, 2.75) is 26.2 Å². The van der Waals surface area contributed by atoms with Crippen molar-refractivity contribution < 1.29 is 19.2 Å². The Balaban J connectivity index is 1.95. The molecule has 2 N–H and O–H groups in total. The zero-order valence-corrected chi connectivity index (χ0v) is 20.0. The molecule has 0 radical (unpaired) electrons. The van der Waals surface area contributed by atoms with Gasteiger partial charge in [-0.05, 0) is 25.0 Å². The van der Waals surface area contributed by atoms with Crippen molar-refractivity contribution >= 4 is 23.6 Å². The van der Waals surface area contributed by atoms with E-state index in [1.165, 1.54) is 18.2 Å². The van der Waals surface area contributed by atoms with E-state index >= 15 is 0 Å². The van der Waals surface area contributed by atoms with E-state index in [0.717, 1.165) is 5.56 Å². The zero-order chi connectivity index (χ0) is 26.1. The molecule has 0 saturated heterocycles. The first-order valence-corrected chi connectivity index (χ1v) is 11.3. The molecular weight excluding hydrogens is 460 g/mol. The van der Waals surface area contributed by atoms with E-state index in [0.29, 0.717) is 17.0 Å². The van der Waals surface area contributed by atoms with Crippen LogP contribution in [0, 0.1) is 21.4 Å². The number of amides is 1.